The number of likely N-dealkylation sites (N-methyl/N-ethyl adjacent to an activating group) is 1. The molecule has 2 fully saturated rings. The second-order valence-electron chi connectivity index (χ2n) is 7.18. The second-order valence-corrected chi connectivity index (χ2v) is 7.18. The maximum Gasteiger partial charge on any atom is 0.254 e. The van der Waals surface area contributed by atoms with E-state index in [1.165, 1.54) is 12.1 Å². The number of nitrogens with zero attached hydrogens (tertiary/aromatic N) is 3. The molecular formula is C19H23FN4O. The van der Waals surface area contributed by atoms with Crippen molar-refractivity contribution in [3.05, 3.63) is 41.3 Å². The van der Waals surface area contributed by atoms with Gasteiger partial charge in [-0.25, -0.2) is 4.39 Å². The summed E-state index contributed by atoms with van der Waals surface area (Å²) in [5.74, 6) is 0.0125. The van der Waals surface area contributed by atoms with Gasteiger partial charge < -0.3 is 15.5 Å². The van der Waals surface area contributed by atoms with Crippen molar-refractivity contribution < 1.29 is 9.18 Å². The van der Waals surface area contributed by atoms with Crippen LogP contribution in [0.1, 0.15) is 34.8 Å². The van der Waals surface area contributed by atoms with E-state index in [0.717, 1.165) is 31.6 Å². The molecule has 1 aromatic carbocycles. The molecule has 1 saturated carbocycles. The van der Waals surface area contributed by atoms with Crippen molar-refractivity contribution in [1.29, 1.82) is 0 Å². The molecule has 1 saturated heterocycles. The molecule has 132 valence electrons. The normalized spacial score (nSPS) is 21.7. The molecule has 1 amide bonds. The lowest BCUT2D eigenvalue weighted by molar-refractivity contribution is 0.0518. The Balaban J connectivity index is 1.78. The van der Waals surface area contributed by atoms with Gasteiger partial charge in [0.1, 0.15) is 5.82 Å². The summed E-state index contributed by atoms with van der Waals surface area (Å²) in [5.41, 5.74) is 8.09. The Labute approximate surface area is 146 Å². The summed E-state index contributed by atoms with van der Waals surface area (Å²) < 4.78 is 13.8. The third-order valence-corrected chi connectivity index (χ3v) is 5.24. The molecule has 4 rings (SSSR count). The topological polar surface area (TPSA) is 62.5 Å². The number of pyridine rings is 1. The zero-order valence-electron chi connectivity index (χ0n) is 14.4. The molecule has 2 heterocycles. The van der Waals surface area contributed by atoms with Crippen molar-refractivity contribution in [1.82, 2.24) is 14.8 Å². The van der Waals surface area contributed by atoms with Crippen molar-refractivity contribution in [2.24, 2.45) is 5.73 Å². The Hall–Kier alpha value is -2.05. The Morgan fingerprint density at radius 2 is 2.12 bits per heavy atom. The fourth-order valence-corrected chi connectivity index (χ4v) is 3.62. The van der Waals surface area contributed by atoms with Crippen molar-refractivity contribution in [3.63, 3.8) is 0 Å². The number of hydrogen-bond acceptors (Lipinski definition) is 4. The molecule has 0 spiro atoms. The largest absolute Gasteiger partial charge is 0.332 e. The number of rotatable bonds is 3. The molecule has 25 heavy (non-hydrogen) atoms. The number of halogens is 1. The van der Waals surface area contributed by atoms with Gasteiger partial charge in [0.05, 0.1) is 17.1 Å². The minimum absolute atomic E-state index is 0.0209. The number of piperazine rings is 1. The molecule has 2 N–H and O–H groups in total. The molecule has 1 atom stereocenters. The van der Waals surface area contributed by atoms with Crippen LogP contribution < -0.4 is 5.73 Å². The standard InChI is InChI=1S/C19H23FN4O/c1-23-6-7-24(14(10-21)11-23)19(25)16-9-18(12-2-3-12)22-17-5-4-13(20)8-15(16)17/h4-5,8-9,12,14H,2-3,6-7,10-11,21H2,1H3/t14-/m0/s1. The van der Waals surface area contributed by atoms with Gasteiger partial charge >= 0.3 is 0 Å². The summed E-state index contributed by atoms with van der Waals surface area (Å²) in [7, 11) is 2.03. The third-order valence-electron chi connectivity index (χ3n) is 5.24. The Bertz CT molecular complexity index is 820. The molecule has 0 bridgehead atoms. The molecule has 1 aliphatic heterocycles. The summed E-state index contributed by atoms with van der Waals surface area (Å²) in [6.45, 7) is 2.63. The van der Waals surface area contributed by atoms with E-state index < -0.39 is 0 Å². The predicted molar refractivity (Wildman–Crippen MR) is 95.1 cm³/mol. The summed E-state index contributed by atoms with van der Waals surface area (Å²) in [5, 5.41) is 0.587. The lowest BCUT2D eigenvalue weighted by Gasteiger charge is -2.39. The summed E-state index contributed by atoms with van der Waals surface area (Å²) in [4.78, 5) is 22.0. The van der Waals surface area contributed by atoms with Gasteiger partial charge in [0, 0.05) is 43.2 Å². The van der Waals surface area contributed by atoms with E-state index in [0.29, 0.717) is 35.5 Å². The summed E-state index contributed by atoms with van der Waals surface area (Å²) >= 11 is 0. The van der Waals surface area contributed by atoms with Crippen molar-refractivity contribution in [2.45, 2.75) is 24.8 Å². The van der Waals surface area contributed by atoms with Crippen LogP contribution in [0.5, 0.6) is 0 Å². The monoisotopic (exact) mass is 342 g/mol. The molecule has 1 aliphatic carbocycles. The molecule has 2 aliphatic rings. The first-order chi connectivity index (χ1) is 12.1. The van der Waals surface area contributed by atoms with Gasteiger partial charge in [-0.15, -0.1) is 0 Å². The molecule has 1 aromatic heterocycles. The van der Waals surface area contributed by atoms with Gasteiger partial charge in [-0.2, -0.15) is 0 Å². The second kappa shape index (κ2) is 6.35. The van der Waals surface area contributed by atoms with Crippen LogP contribution in [0.3, 0.4) is 0 Å². The number of benzene rings is 1. The van der Waals surface area contributed by atoms with E-state index in [-0.39, 0.29) is 17.8 Å². The van der Waals surface area contributed by atoms with E-state index in [2.05, 4.69) is 9.88 Å². The van der Waals surface area contributed by atoms with E-state index in [1.54, 1.807) is 6.07 Å². The van der Waals surface area contributed by atoms with Gasteiger partial charge in [0.25, 0.3) is 5.91 Å². The predicted octanol–water partition coefficient (Wildman–Crippen LogP) is 1.97. The van der Waals surface area contributed by atoms with Crippen LogP contribution in [0.2, 0.25) is 0 Å². The van der Waals surface area contributed by atoms with Gasteiger partial charge in [-0.3, -0.25) is 9.78 Å². The van der Waals surface area contributed by atoms with Gasteiger partial charge in [0.2, 0.25) is 0 Å². The van der Waals surface area contributed by atoms with Crippen LogP contribution in [0, 0.1) is 5.82 Å². The van der Waals surface area contributed by atoms with Crippen LogP contribution >= 0.6 is 0 Å². The summed E-state index contributed by atoms with van der Waals surface area (Å²) in [6.07, 6.45) is 2.21. The van der Waals surface area contributed by atoms with Crippen LogP contribution in [-0.2, 0) is 0 Å². The number of nitrogens with two attached hydrogens (primary N) is 1. The molecule has 5 nitrogen and oxygen atoms in total. The Morgan fingerprint density at radius 3 is 2.84 bits per heavy atom. The number of carbonyl (C=O) groups is 1. The first-order valence-electron chi connectivity index (χ1n) is 8.86. The first kappa shape index (κ1) is 16.4. The van der Waals surface area contributed by atoms with E-state index in [4.69, 9.17) is 5.73 Å². The number of fused-ring (bicyclic) bond motifs is 1. The Kier molecular flexibility index (Phi) is 4.17. The quantitative estimate of drug-likeness (QED) is 0.926. The number of amides is 1. The zero-order valence-corrected chi connectivity index (χ0v) is 14.4. The maximum atomic E-state index is 13.8. The average molecular weight is 342 g/mol. The van der Waals surface area contributed by atoms with Crippen molar-refractivity contribution in [2.75, 3.05) is 33.2 Å². The maximum absolute atomic E-state index is 13.8. The minimum Gasteiger partial charge on any atom is -0.332 e. The zero-order chi connectivity index (χ0) is 17.6. The van der Waals surface area contributed by atoms with E-state index in [1.807, 2.05) is 18.0 Å². The van der Waals surface area contributed by atoms with Crippen molar-refractivity contribution in [3.8, 4) is 0 Å². The third kappa shape index (κ3) is 3.12. The number of aromatic nitrogens is 1. The lowest BCUT2D eigenvalue weighted by Crippen LogP contribution is -2.56. The molecule has 0 radical (unpaired) electrons. The molecule has 2 aromatic rings. The van der Waals surface area contributed by atoms with Gasteiger partial charge in [0.15, 0.2) is 0 Å². The van der Waals surface area contributed by atoms with E-state index >= 15 is 0 Å². The van der Waals surface area contributed by atoms with E-state index in [9.17, 15) is 9.18 Å². The Morgan fingerprint density at radius 1 is 1.32 bits per heavy atom. The first-order valence-corrected chi connectivity index (χ1v) is 8.86. The lowest BCUT2D eigenvalue weighted by atomic mass is 10.0. The highest BCUT2D eigenvalue weighted by Gasteiger charge is 2.32. The number of hydrogen-bond donors (Lipinski definition) is 1. The van der Waals surface area contributed by atoms with Crippen LogP contribution in [0.25, 0.3) is 10.9 Å². The fourth-order valence-electron chi connectivity index (χ4n) is 3.62. The smallest absolute Gasteiger partial charge is 0.254 e. The fraction of sp³-hybridized carbons (Fsp3) is 0.474. The van der Waals surface area contributed by atoms with Gasteiger partial charge in [-0.05, 0) is 44.2 Å². The summed E-state index contributed by atoms with van der Waals surface area (Å²) in [6, 6.07) is 6.33. The highest BCUT2D eigenvalue weighted by atomic mass is 19.1. The molecular weight excluding hydrogens is 319 g/mol. The highest BCUT2D eigenvalue weighted by molar-refractivity contribution is 6.06. The van der Waals surface area contributed by atoms with Crippen molar-refractivity contribution >= 4 is 16.8 Å². The molecule has 6 heteroatoms. The van der Waals surface area contributed by atoms with Crippen LogP contribution in [0.4, 0.5) is 4.39 Å². The average Bonchev–Trinajstić information content (AvgIpc) is 3.45. The number of carbonyl (C=O) groups excluding carboxylic acids is 1. The van der Waals surface area contributed by atoms with Gasteiger partial charge in [-0.1, -0.05) is 0 Å². The SMILES string of the molecule is CN1CCN(C(=O)c2cc(C3CC3)nc3ccc(F)cc23)[C@@H](CN)C1. The molecule has 0 unspecified atom stereocenters. The van der Waals surface area contributed by atoms with Crippen LogP contribution in [-0.4, -0.2) is 60.0 Å². The minimum atomic E-state index is -0.351. The van der Waals surface area contributed by atoms with Crippen LogP contribution in [0.15, 0.2) is 24.3 Å². The highest BCUT2D eigenvalue weighted by Crippen LogP contribution is 2.40.